The van der Waals surface area contributed by atoms with Gasteiger partial charge in [-0.3, -0.25) is 4.98 Å². The normalized spacial score (nSPS) is 12.5. The van der Waals surface area contributed by atoms with Crippen LogP contribution < -0.4 is 11.5 Å². The van der Waals surface area contributed by atoms with E-state index >= 15 is 0 Å². The van der Waals surface area contributed by atoms with Gasteiger partial charge in [0.15, 0.2) is 11.6 Å². The zero-order valence-electron chi connectivity index (χ0n) is 12.0. The second-order valence-electron chi connectivity index (χ2n) is 5.05. The number of aromatic nitrogens is 3. The summed E-state index contributed by atoms with van der Waals surface area (Å²) in [6.45, 7) is 1.62. The number of nitrogens with zero attached hydrogens (tertiary/aromatic N) is 3. The van der Waals surface area contributed by atoms with Crippen molar-refractivity contribution in [1.82, 2.24) is 15.0 Å². The molecule has 3 rings (SSSR count). The van der Waals surface area contributed by atoms with Gasteiger partial charge in [-0.1, -0.05) is 6.92 Å². The van der Waals surface area contributed by atoms with Gasteiger partial charge in [-0.2, -0.15) is 0 Å². The van der Waals surface area contributed by atoms with E-state index in [0.29, 0.717) is 10.3 Å². The number of halogens is 3. The van der Waals surface area contributed by atoms with Gasteiger partial charge < -0.3 is 11.5 Å². The number of rotatable bonds is 2. The molecular formula is C15H12BrF2N5. The second kappa shape index (κ2) is 5.69. The van der Waals surface area contributed by atoms with Gasteiger partial charge in [0.2, 0.25) is 0 Å². The lowest BCUT2D eigenvalue weighted by molar-refractivity contribution is 0.552. The van der Waals surface area contributed by atoms with Gasteiger partial charge in [0.25, 0.3) is 0 Å². The third-order valence-electron chi connectivity index (χ3n) is 3.61. The number of pyridine rings is 1. The Hall–Kier alpha value is -2.35. The highest BCUT2D eigenvalue weighted by Crippen LogP contribution is 2.35. The first-order valence-electron chi connectivity index (χ1n) is 6.71. The molecule has 0 saturated heterocycles. The first-order chi connectivity index (χ1) is 10.9. The fourth-order valence-corrected chi connectivity index (χ4v) is 3.05. The standard InChI is InChI=1S/C15H12BrF2N5/c1-6(12-13(16)23-15(20)14(19)22-12)10-8(17)5-9-7(11(10)18)3-2-4-21-9/h2-6H,1H3,(H2,19,22)(H2,20,23). The maximum absolute atomic E-state index is 14.8. The van der Waals surface area contributed by atoms with Gasteiger partial charge in [0, 0.05) is 29.1 Å². The molecule has 8 heteroatoms. The van der Waals surface area contributed by atoms with Gasteiger partial charge in [-0.25, -0.2) is 18.7 Å². The van der Waals surface area contributed by atoms with Gasteiger partial charge in [0.1, 0.15) is 16.2 Å². The maximum Gasteiger partial charge on any atom is 0.167 e. The molecule has 2 aromatic heterocycles. The van der Waals surface area contributed by atoms with E-state index in [4.69, 9.17) is 11.5 Å². The lowest BCUT2D eigenvalue weighted by atomic mass is 9.95. The fourth-order valence-electron chi connectivity index (χ4n) is 2.43. The van der Waals surface area contributed by atoms with E-state index in [0.717, 1.165) is 0 Å². The van der Waals surface area contributed by atoms with Crippen LogP contribution >= 0.6 is 15.9 Å². The van der Waals surface area contributed by atoms with Crippen LogP contribution in [0.2, 0.25) is 0 Å². The molecule has 23 heavy (non-hydrogen) atoms. The smallest absolute Gasteiger partial charge is 0.167 e. The van der Waals surface area contributed by atoms with Crippen LogP contribution in [0.3, 0.4) is 0 Å². The maximum atomic E-state index is 14.8. The third kappa shape index (κ3) is 2.59. The zero-order valence-corrected chi connectivity index (χ0v) is 13.6. The Balaban J connectivity index is 2.22. The highest BCUT2D eigenvalue weighted by molar-refractivity contribution is 9.10. The molecule has 3 aromatic rings. The summed E-state index contributed by atoms with van der Waals surface area (Å²) in [5.74, 6) is -2.03. The zero-order chi connectivity index (χ0) is 16.7. The van der Waals surface area contributed by atoms with Crippen molar-refractivity contribution in [1.29, 1.82) is 0 Å². The summed E-state index contributed by atoms with van der Waals surface area (Å²) in [6, 6.07) is 4.34. The highest BCUT2D eigenvalue weighted by Gasteiger charge is 2.24. The van der Waals surface area contributed by atoms with Crippen molar-refractivity contribution in [2.75, 3.05) is 11.5 Å². The van der Waals surface area contributed by atoms with E-state index in [9.17, 15) is 8.78 Å². The van der Waals surface area contributed by atoms with E-state index < -0.39 is 17.6 Å². The number of benzene rings is 1. The molecule has 0 fully saturated rings. The highest BCUT2D eigenvalue weighted by atomic mass is 79.9. The molecule has 0 spiro atoms. The lowest BCUT2D eigenvalue weighted by Gasteiger charge is -2.16. The third-order valence-corrected chi connectivity index (χ3v) is 4.19. The number of hydrogen-bond donors (Lipinski definition) is 2. The predicted octanol–water partition coefficient (Wildman–Crippen LogP) is 3.38. The Morgan fingerprint density at radius 1 is 1.17 bits per heavy atom. The number of hydrogen-bond acceptors (Lipinski definition) is 5. The van der Waals surface area contributed by atoms with Crippen LogP contribution in [0.1, 0.15) is 24.1 Å². The molecule has 0 bridgehead atoms. The summed E-state index contributed by atoms with van der Waals surface area (Å²) in [6.07, 6.45) is 1.48. The average molecular weight is 380 g/mol. The fraction of sp³-hybridized carbons (Fsp3) is 0.133. The predicted molar refractivity (Wildman–Crippen MR) is 87.7 cm³/mol. The first kappa shape index (κ1) is 15.5. The monoisotopic (exact) mass is 379 g/mol. The Morgan fingerprint density at radius 2 is 1.87 bits per heavy atom. The molecule has 0 radical (unpaired) electrons. The van der Waals surface area contributed by atoms with Crippen molar-refractivity contribution < 1.29 is 8.78 Å². The molecule has 4 N–H and O–H groups in total. The molecular weight excluding hydrogens is 368 g/mol. The van der Waals surface area contributed by atoms with Crippen molar-refractivity contribution in [3.8, 4) is 0 Å². The van der Waals surface area contributed by atoms with Crippen LogP contribution in [0.4, 0.5) is 20.4 Å². The molecule has 5 nitrogen and oxygen atoms in total. The number of anilines is 2. The summed E-state index contributed by atoms with van der Waals surface area (Å²) in [7, 11) is 0. The Bertz CT molecular complexity index is 916. The van der Waals surface area contributed by atoms with E-state index in [2.05, 4.69) is 30.9 Å². The van der Waals surface area contributed by atoms with Crippen LogP contribution in [-0.2, 0) is 0 Å². The number of nitrogens with two attached hydrogens (primary N) is 2. The largest absolute Gasteiger partial charge is 0.381 e. The average Bonchev–Trinajstić information content (AvgIpc) is 2.50. The first-order valence-corrected chi connectivity index (χ1v) is 7.50. The van der Waals surface area contributed by atoms with Crippen LogP contribution in [0, 0.1) is 11.6 Å². The molecule has 0 aliphatic carbocycles. The summed E-state index contributed by atoms with van der Waals surface area (Å²) in [5, 5.41) is 0.239. The van der Waals surface area contributed by atoms with Crippen molar-refractivity contribution in [3.05, 3.63) is 51.9 Å². The van der Waals surface area contributed by atoms with Crippen molar-refractivity contribution in [2.24, 2.45) is 0 Å². The Labute approximate surface area is 138 Å². The summed E-state index contributed by atoms with van der Waals surface area (Å²) in [5.41, 5.74) is 11.7. The molecule has 0 aliphatic heterocycles. The molecule has 1 atom stereocenters. The van der Waals surface area contributed by atoms with Gasteiger partial charge in [-0.15, -0.1) is 0 Å². The minimum absolute atomic E-state index is 0.0123. The topological polar surface area (TPSA) is 90.7 Å². The Morgan fingerprint density at radius 3 is 2.61 bits per heavy atom. The van der Waals surface area contributed by atoms with E-state index in [-0.39, 0.29) is 28.1 Å². The molecule has 118 valence electrons. The summed E-state index contributed by atoms with van der Waals surface area (Å²) < 4.78 is 29.5. The molecule has 0 saturated carbocycles. The van der Waals surface area contributed by atoms with Crippen molar-refractivity contribution in [2.45, 2.75) is 12.8 Å². The molecule has 2 heterocycles. The van der Waals surface area contributed by atoms with Crippen LogP contribution in [0.25, 0.3) is 10.9 Å². The van der Waals surface area contributed by atoms with E-state index in [1.54, 1.807) is 19.1 Å². The molecule has 1 unspecified atom stereocenters. The van der Waals surface area contributed by atoms with Gasteiger partial charge in [-0.05, 0) is 28.1 Å². The SMILES string of the molecule is CC(c1nc(N)c(N)nc1Br)c1c(F)cc2ncccc2c1F. The number of nitrogen functional groups attached to an aromatic ring is 2. The van der Waals surface area contributed by atoms with Crippen LogP contribution in [0.15, 0.2) is 29.0 Å². The molecule has 0 amide bonds. The summed E-state index contributed by atoms with van der Waals surface area (Å²) >= 11 is 3.21. The van der Waals surface area contributed by atoms with Crippen LogP contribution in [0.5, 0.6) is 0 Å². The van der Waals surface area contributed by atoms with E-state index in [1.807, 2.05) is 0 Å². The molecule has 0 aliphatic rings. The van der Waals surface area contributed by atoms with Gasteiger partial charge >= 0.3 is 0 Å². The number of fused-ring (bicyclic) bond motifs is 1. The van der Waals surface area contributed by atoms with Crippen molar-refractivity contribution in [3.63, 3.8) is 0 Å². The van der Waals surface area contributed by atoms with Crippen LogP contribution in [-0.4, -0.2) is 15.0 Å². The Kier molecular flexibility index (Phi) is 3.85. The van der Waals surface area contributed by atoms with Crippen molar-refractivity contribution >= 4 is 38.5 Å². The quantitative estimate of drug-likeness (QED) is 0.711. The summed E-state index contributed by atoms with van der Waals surface area (Å²) in [4.78, 5) is 12.1. The lowest BCUT2D eigenvalue weighted by Crippen LogP contribution is -2.11. The minimum Gasteiger partial charge on any atom is -0.381 e. The second-order valence-corrected chi connectivity index (χ2v) is 5.80. The molecule has 1 aromatic carbocycles. The van der Waals surface area contributed by atoms with Gasteiger partial charge in [0.05, 0.1) is 11.2 Å². The minimum atomic E-state index is -0.718. The van der Waals surface area contributed by atoms with E-state index in [1.165, 1.54) is 12.3 Å².